The van der Waals surface area contributed by atoms with E-state index in [1.807, 2.05) is 0 Å². The van der Waals surface area contributed by atoms with Gasteiger partial charge in [0.05, 0.1) is 0 Å². The molecule has 1 heterocycles. The molecule has 0 saturated carbocycles. The first-order chi connectivity index (χ1) is 9.11. The molecule has 5 nitrogen and oxygen atoms in total. The maximum atomic E-state index is 13.3. The van der Waals surface area contributed by atoms with Gasteiger partial charge < -0.3 is 9.84 Å². The van der Waals surface area contributed by atoms with Crippen molar-refractivity contribution in [3.8, 4) is 17.7 Å². The molecule has 2 aromatic rings. The van der Waals surface area contributed by atoms with Crippen LogP contribution >= 0.6 is 0 Å². The van der Waals surface area contributed by atoms with Crippen molar-refractivity contribution in [2.75, 3.05) is 0 Å². The van der Waals surface area contributed by atoms with E-state index in [1.54, 1.807) is 6.07 Å². The molecular weight excluding hydrogens is 251 g/mol. The second-order valence-corrected chi connectivity index (χ2v) is 3.49. The van der Waals surface area contributed by atoms with Gasteiger partial charge in [-0.1, -0.05) is 12.1 Å². The minimum absolute atomic E-state index is 0.0162. The number of aromatic carboxylic acids is 1. The van der Waals surface area contributed by atoms with Crippen LogP contribution in [0.2, 0.25) is 0 Å². The molecule has 19 heavy (non-hydrogen) atoms. The zero-order chi connectivity index (χ0) is 13.8. The number of pyridine rings is 1. The molecule has 0 unspecified atom stereocenters. The third-order valence-corrected chi connectivity index (χ3v) is 2.24. The third-order valence-electron chi connectivity index (χ3n) is 2.24. The van der Waals surface area contributed by atoms with Crippen LogP contribution in [0.4, 0.5) is 4.39 Å². The molecular formula is C13H7FN2O3. The van der Waals surface area contributed by atoms with Crippen molar-refractivity contribution < 1.29 is 19.0 Å². The van der Waals surface area contributed by atoms with Gasteiger partial charge >= 0.3 is 5.97 Å². The molecule has 6 heteroatoms. The highest BCUT2D eigenvalue weighted by atomic mass is 19.1. The summed E-state index contributed by atoms with van der Waals surface area (Å²) in [7, 11) is 0. The molecule has 0 amide bonds. The Morgan fingerprint density at radius 3 is 2.74 bits per heavy atom. The van der Waals surface area contributed by atoms with Gasteiger partial charge in [-0.3, -0.25) is 0 Å². The summed E-state index contributed by atoms with van der Waals surface area (Å²) < 4.78 is 18.6. The van der Waals surface area contributed by atoms with Gasteiger partial charge in [-0.2, -0.15) is 5.26 Å². The smallest absolute Gasteiger partial charge is 0.354 e. The van der Waals surface area contributed by atoms with Gasteiger partial charge in [0.15, 0.2) is 5.69 Å². The second kappa shape index (κ2) is 5.14. The highest BCUT2D eigenvalue weighted by Gasteiger charge is 2.11. The summed E-state index contributed by atoms with van der Waals surface area (Å²) in [6, 6.07) is 9.74. The van der Waals surface area contributed by atoms with Gasteiger partial charge in [0, 0.05) is 6.07 Å². The van der Waals surface area contributed by atoms with Crippen LogP contribution in [0.15, 0.2) is 36.4 Å². The van der Waals surface area contributed by atoms with Crippen LogP contribution in [-0.4, -0.2) is 16.1 Å². The zero-order valence-electron chi connectivity index (χ0n) is 9.50. The van der Waals surface area contributed by atoms with Gasteiger partial charge in [-0.15, -0.1) is 0 Å². The molecule has 1 N–H and O–H groups in total. The molecule has 0 aliphatic heterocycles. The lowest BCUT2D eigenvalue weighted by Gasteiger charge is -2.07. The van der Waals surface area contributed by atoms with E-state index in [9.17, 15) is 9.18 Å². The van der Waals surface area contributed by atoms with E-state index in [-0.39, 0.29) is 22.9 Å². The summed E-state index contributed by atoms with van der Waals surface area (Å²) in [6.07, 6.45) is 0. The zero-order valence-corrected chi connectivity index (χ0v) is 9.50. The van der Waals surface area contributed by atoms with E-state index in [0.29, 0.717) is 0 Å². The summed E-state index contributed by atoms with van der Waals surface area (Å²) >= 11 is 0. The Morgan fingerprint density at radius 1 is 1.32 bits per heavy atom. The quantitative estimate of drug-likeness (QED) is 0.914. The Bertz CT molecular complexity index is 680. The maximum absolute atomic E-state index is 13.3. The molecule has 0 fully saturated rings. The lowest BCUT2D eigenvalue weighted by Crippen LogP contribution is -2.01. The average Bonchev–Trinajstić information content (AvgIpc) is 2.39. The fourth-order valence-electron chi connectivity index (χ4n) is 1.40. The Hall–Kier alpha value is -2.94. The number of benzene rings is 1. The van der Waals surface area contributed by atoms with E-state index < -0.39 is 11.8 Å². The Kier molecular flexibility index (Phi) is 3.39. The number of carboxylic acids is 1. The van der Waals surface area contributed by atoms with Crippen molar-refractivity contribution in [2.24, 2.45) is 0 Å². The van der Waals surface area contributed by atoms with E-state index in [4.69, 9.17) is 15.1 Å². The first kappa shape index (κ1) is 12.5. The monoisotopic (exact) mass is 258 g/mol. The first-order valence-electron chi connectivity index (χ1n) is 5.18. The number of rotatable bonds is 3. The minimum Gasteiger partial charge on any atom is -0.477 e. The lowest BCUT2D eigenvalue weighted by atomic mass is 10.2. The summed E-state index contributed by atoms with van der Waals surface area (Å²) in [6.45, 7) is 0. The lowest BCUT2D eigenvalue weighted by molar-refractivity contribution is 0.0689. The predicted molar refractivity (Wildman–Crippen MR) is 62.4 cm³/mol. The highest BCUT2D eigenvalue weighted by molar-refractivity contribution is 5.85. The number of carbonyl (C=O) groups is 1. The van der Waals surface area contributed by atoms with Gasteiger partial charge in [0.1, 0.15) is 23.2 Å². The van der Waals surface area contributed by atoms with Gasteiger partial charge in [-0.25, -0.2) is 14.2 Å². The number of halogens is 1. The number of aromatic nitrogens is 1. The van der Waals surface area contributed by atoms with Crippen molar-refractivity contribution >= 4 is 5.97 Å². The molecule has 0 atom stereocenters. The third kappa shape index (κ3) is 2.66. The van der Waals surface area contributed by atoms with Crippen molar-refractivity contribution in [2.45, 2.75) is 0 Å². The number of hydrogen-bond acceptors (Lipinski definition) is 4. The number of hydrogen-bond donors (Lipinski definition) is 1. The molecule has 0 aliphatic carbocycles. The van der Waals surface area contributed by atoms with Gasteiger partial charge in [0.2, 0.25) is 5.88 Å². The Labute approximate surface area is 107 Å². The van der Waals surface area contributed by atoms with Crippen LogP contribution < -0.4 is 4.74 Å². The summed E-state index contributed by atoms with van der Waals surface area (Å²) in [5.74, 6) is -1.96. The van der Waals surface area contributed by atoms with Crippen LogP contribution in [0.3, 0.4) is 0 Å². The van der Waals surface area contributed by atoms with Crippen molar-refractivity contribution in [1.29, 1.82) is 5.26 Å². The largest absolute Gasteiger partial charge is 0.477 e. The maximum Gasteiger partial charge on any atom is 0.354 e. The van der Waals surface area contributed by atoms with E-state index in [0.717, 1.165) is 6.07 Å². The SMILES string of the molecule is N#Cc1c(F)cccc1Oc1cccc(C(=O)O)n1. The van der Waals surface area contributed by atoms with Crippen molar-refractivity contribution in [3.05, 3.63) is 53.5 Å². The molecule has 2 rings (SSSR count). The fraction of sp³-hybridized carbons (Fsp3) is 0. The Morgan fingerprint density at radius 2 is 2.05 bits per heavy atom. The molecule has 1 aromatic heterocycles. The van der Waals surface area contributed by atoms with Crippen LogP contribution in [0.1, 0.15) is 16.1 Å². The molecule has 0 radical (unpaired) electrons. The Balaban J connectivity index is 2.37. The fourth-order valence-corrected chi connectivity index (χ4v) is 1.40. The molecule has 0 bridgehead atoms. The molecule has 0 aliphatic rings. The highest BCUT2D eigenvalue weighted by Crippen LogP contribution is 2.25. The molecule has 1 aromatic carbocycles. The summed E-state index contributed by atoms with van der Waals surface area (Å²) in [5.41, 5.74) is -0.461. The molecule has 0 saturated heterocycles. The summed E-state index contributed by atoms with van der Waals surface area (Å²) in [5, 5.41) is 17.6. The van der Waals surface area contributed by atoms with Gasteiger partial charge in [0.25, 0.3) is 0 Å². The van der Waals surface area contributed by atoms with Crippen LogP contribution in [0.5, 0.6) is 11.6 Å². The van der Waals surface area contributed by atoms with E-state index in [1.165, 1.54) is 30.3 Å². The number of nitrogens with zero attached hydrogens (tertiary/aromatic N) is 2. The topological polar surface area (TPSA) is 83.2 Å². The number of ether oxygens (including phenoxy) is 1. The van der Waals surface area contributed by atoms with Gasteiger partial charge in [-0.05, 0) is 18.2 Å². The minimum atomic E-state index is -1.20. The van der Waals surface area contributed by atoms with Crippen LogP contribution in [0, 0.1) is 17.1 Å². The second-order valence-electron chi connectivity index (χ2n) is 3.49. The molecule has 0 spiro atoms. The normalized spacial score (nSPS) is 9.68. The van der Waals surface area contributed by atoms with E-state index >= 15 is 0 Å². The number of nitriles is 1. The van der Waals surface area contributed by atoms with Crippen LogP contribution in [0.25, 0.3) is 0 Å². The standard InChI is InChI=1S/C13H7FN2O3/c14-9-3-1-5-11(8(9)7-15)19-12-6-2-4-10(16-12)13(17)18/h1-6H,(H,17,18). The predicted octanol–water partition coefficient (Wildman–Crippen LogP) is 2.58. The molecule has 94 valence electrons. The summed E-state index contributed by atoms with van der Waals surface area (Å²) in [4.78, 5) is 14.5. The van der Waals surface area contributed by atoms with E-state index in [2.05, 4.69) is 4.98 Å². The number of carboxylic acid groups (broad SMARTS) is 1. The van der Waals surface area contributed by atoms with Crippen molar-refractivity contribution in [3.63, 3.8) is 0 Å². The first-order valence-corrected chi connectivity index (χ1v) is 5.18. The van der Waals surface area contributed by atoms with Crippen molar-refractivity contribution in [1.82, 2.24) is 4.98 Å². The van der Waals surface area contributed by atoms with Crippen LogP contribution in [-0.2, 0) is 0 Å². The average molecular weight is 258 g/mol.